The highest BCUT2D eigenvalue weighted by Gasteiger charge is 2.20. The molecule has 0 radical (unpaired) electrons. The van der Waals surface area contributed by atoms with Crippen molar-refractivity contribution in [1.82, 2.24) is 24.1 Å². The summed E-state index contributed by atoms with van der Waals surface area (Å²) >= 11 is 0. The van der Waals surface area contributed by atoms with Gasteiger partial charge < -0.3 is 5.32 Å². The van der Waals surface area contributed by atoms with E-state index in [1.54, 1.807) is 22.8 Å². The van der Waals surface area contributed by atoms with Crippen molar-refractivity contribution < 1.29 is 4.79 Å². The third-order valence-electron chi connectivity index (χ3n) is 6.78. The van der Waals surface area contributed by atoms with Crippen LogP contribution in [0.15, 0.2) is 46.0 Å². The zero-order valence-electron chi connectivity index (χ0n) is 22.0. The highest BCUT2D eigenvalue weighted by atomic mass is 16.2. The van der Waals surface area contributed by atoms with Gasteiger partial charge in [-0.2, -0.15) is 0 Å². The number of benzene rings is 2. The van der Waals surface area contributed by atoms with Gasteiger partial charge in [-0.05, 0) is 68.9 Å². The van der Waals surface area contributed by atoms with Gasteiger partial charge in [-0.15, -0.1) is 5.10 Å². The molecule has 2 aromatic carbocycles. The average Bonchev–Trinajstić information content (AvgIpc) is 3.16. The number of rotatable bonds is 8. The van der Waals surface area contributed by atoms with E-state index in [0.717, 1.165) is 29.5 Å². The molecule has 0 aliphatic heterocycles. The van der Waals surface area contributed by atoms with Crippen LogP contribution in [0.4, 0.5) is 0 Å². The lowest BCUT2D eigenvalue weighted by atomic mass is 10.1. The Morgan fingerprint density at radius 2 is 1.81 bits per heavy atom. The first kappa shape index (κ1) is 25.4. The van der Waals surface area contributed by atoms with Gasteiger partial charge in [0, 0.05) is 18.2 Å². The van der Waals surface area contributed by atoms with Crippen LogP contribution in [-0.4, -0.2) is 30.7 Å². The van der Waals surface area contributed by atoms with Crippen molar-refractivity contribution in [2.75, 3.05) is 0 Å². The minimum atomic E-state index is -0.339. The predicted molar refractivity (Wildman–Crippen MR) is 143 cm³/mol. The molecule has 190 valence electrons. The van der Waals surface area contributed by atoms with E-state index in [1.807, 2.05) is 45.9 Å². The molecule has 0 saturated heterocycles. The number of carbonyl (C=O) groups is 1. The molecule has 1 amide bonds. The molecule has 2 aromatic heterocycles. The Labute approximate surface area is 210 Å². The van der Waals surface area contributed by atoms with Crippen molar-refractivity contribution in [3.8, 4) is 0 Å². The molecule has 1 atom stereocenters. The molecule has 0 aliphatic carbocycles. The van der Waals surface area contributed by atoms with Crippen molar-refractivity contribution >= 4 is 22.6 Å². The summed E-state index contributed by atoms with van der Waals surface area (Å²) in [7, 11) is 0. The van der Waals surface area contributed by atoms with Crippen LogP contribution >= 0.6 is 0 Å². The summed E-state index contributed by atoms with van der Waals surface area (Å²) in [5.74, 6) is 0.435. The first-order valence-electron chi connectivity index (χ1n) is 12.6. The first-order valence-corrected chi connectivity index (χ1v) is 12.6. The van der Waals surface area contributed by atoms with Crippen LogP contribution in [0, 0.1) is 19.8 Å². The molecule has 8 heteroatoms. The number of aryl methyl sites for hydroxylation is 3. The topological polar surface area (TPSA) is 90.4 Å². The fourth-order valence-corrected chi connectivity index (χ4v) is 4.29. The van der Waals surface area contributed by atoms with Gasteiger partial charge in [0.15, 0.2) is 0 Å². The first-order chi connectivity index (χ1) is 17.1. The zero-order chi connectivity index (χ0) is 26.1. The Balaban J connectivity index is 1.95. The lowest BCUT2D eigenvalue weighted by Gasteiger charge is -2.13. The molecule has 4 rings (SSSR count). The van der Waals surface area contributed by atoms with E-state index < -0.39 is 0 Å². The summed E-state index contributed by atoms with van der Waals surface area (Å²) in [4.78, 5) is 40.1. The molecule has 2 heterocycles. The fourth-order valence-electron chi connectivity index (χ4n) is 4.29. The quantitative estimate of drug-likeness (QED) is 0.404. The van der Waals surface area contributed by atoms with E-state index in [2.05, 4.69) is 24.3 Å². The van der Waals surface area contributed by atoms with Crippen LogP contribution in [0.3, 0.4) is 0 Å². The van der Waals surface area contributed by atoms with Gasteiger partial charge in [0.1, 0.15) is 0 Å². The van der Waals surface area contributed by atoms with Crippen LogP contribution in [0.2, 0.25) is 0 Å². The van der Waals surface area contributed by atoms with Gasteiger partial charge in [-0.1, -0.05) is 44.5 Å². The molecular formula is C28H35N5O3. The van der Waals surface area contributed by atoms with Crippen molar-refractivity contribution in [3.63, 3.8) is 0 Å². The maximum atomic E-state index is 13.7. The van der Waals surface area contributed by atoms with Crippen LogP contribution < -0.4 is 16.6 Å². The Morgan fingerprint density at radius 1 is 1.06 bits per heavy atom. The zero-order valence-corrected chi connectivity index (χ0v) is 22.0. The highest BCUT2D eigenvalue weighted by Crippen LogP contribution is 2.17. The summed E-state index contributed by atoms with van der Waals surface area (Å²) < 4.78 is 4.47. The number of fused-ring (bicyclic) bond motifs is 3. The molecule has 0 bridgehead atoms. The molecule has 8 nitrogen and oxygen atoms in total. The lowest BCUT2D eigenvalue weighted by molar-refractivity contribution is 0.0939. The van der Waals surface area contributed by atoms with Crippen LogP contribution in [0.1, 0.15) is 67.6 Å². The molecule has 0 fully saturated rings. The third kappa shape index (κ3) is 4.85. The maximum absolute atomic E-state index is 13.7. The smallest absolute Gasteiger partial charge is 0.350 e. The predicted octanol–water partition coefficient (Wildman–Crippen LogP) is 4.05. The average molecular weight is 490 g/mol. The van der Waals surface area contributed by atoms with Crippen LogP contribution in [-0.2, 0) is 13.1 Å². The third-order valence-corrected chi connectivity index (χ3v) is 6.78. The SMILES string of the molecule is CC[C@@H](C)NC(=O)c1ccc2c(=O)n(CCC(C)C)c3nn(Cc4cc(C)ccc4C)c(=O)n3c2c1. The van der Waals surface area contributed by atoms with Crippen LogP contribution in [0.25, 0.3) is 16.7 Å². The molecule has 0 spiro atoms. The molecule has 36 heavy (non-hydrogen) atoms. The van der Waals surface area contributed by atoms with Crippen molar-refractivity contribution in [3.05, 3.63) is 79.5 Å². The Kier molecular flexibility index (Phi) is 7.15. The second kappa shape index (κ2) is 10.1. The van der Waals surface area contributed by atoms with E-state index >= 15 is 0 Å². The largest absolute Gasteiger partial charge is 0.352 e. The number of hydrogen-bond acceptors (Lipinski definition) is 4. The van der Waals surface area contributed by atoms with Crippen LogP contribution in [0.5, 0.6) is 0 Å². The number of aromatic nitrogens is 4. The second-order valence-electron chi connectivity index (χ2n) is 10.2. The highest BCUT2D eigenvalue weighted by molar-refractivity contribution is 5.98. The molecule has 1 N–H and O–H groups in total. The normalized spacial score (nSPS) is 12.5. The van der Waals surface area contributed by atoms with Gasteiger partial charge in [0.05, 0.1) is 17.4 Å². The summed E-state index contributed by atoms with van der Waals surface area (Å²) in [6, 6.07) is 11.0. The number of hydrogen-bond donors (Lipinski definition) is 1. The molecule has 0 unspecified atom stereocenters. The van der Waals surface area contributed by atoms with Gasteiger partial charge in [-0.25, -0.2) is 13.9 Å². The number of nitrogens with zero attached hydrogens (tertiary/aromatic N) is 4. The van der Waals surface area contributed by atoms with Gasteiger partial charge in [0.25, 0.3) is 11.5 Å². The number of nitrogens with one attached hydrogen (secondary N) is 1. The van der Waals surface area contributed by atoms with Gasteiger partial charge in [0.2, 0.25) is 5.78 Å². The molecular weight excluding hydrogens is 454 g/mol. The Hall–Kier alpha value is -3.68. The monoisotopic (exact) mass is 489 g/mol. The van der Waals surface area contributed by atoms with E-state index in [-0.39, 0.29) is 23.2 Å². The lowest BCUT2D eigenvalue weighted by Crippen LogP contribution is -2.32. The minimum Gasteiger partial charge on any atom is -0.350 e. The number of carbonyl (C=O) groups excluding carboxylic acids is 1. The standard InChI is InChI=1S/C28H35N5O3/c1-7-20(6)29-25(34)21-10-11-23-24(15-21)33-27(31(26(23)35)13-12-17(2)3)30-32(28(33)36)16-22-14-18(4)8-9-19(22)5/h8-11,14-15,17,20H,7,12-13,16H2,1-6H3,(H,29,34)/t20-/m1/s1. The van der Waals surface area contributed by atoms with Crippen molar-refractivity contribution in [2.45, 2.75) is 73.5 Å². The summed E-state index contributed by atoms with van der Waals surface area (Å²) in [6.07, 6.45) is 1.57. The molecule has 0 saturated carbocycles. The van der Waals surface area contributed by atoms with E-state index in [4.69, 9.17) is 0 Å². The summed E-state index contributed by atoms with van der Waals surface area (Å²) in [6.45, 7) is 12.9. The van der Waals surface area contributed by atoms with Gasteiger partial charge in [-0.3, -0.25) is 14.2 Å². The fraction of sp³-hybridized carbons (Fsp3) is 0.429. The summed E-state index contributed by atoms with van der Waals surface area (Å²) in [5.41, 5.74) is 3.40. The van der Waals surface area contributed by atoms with Crippen molar-refractivity contribution in [1.29, 1.82) is 0 Å². The summed E-state index contributed by atoms with van der Waals surface area (Å²) in [5, 5.41) is 7.97. The van der Waals surface area contributed by atoms with E-state index in [9.17, 15) is 14.4 Å². The second-order valence-corrected chi connectivity index (χ2v) is 10.2. The van der Waals surface area contributed by atoms with E-state index in [1.165, 1.54) is 9.08 Å². The Morgan fingerprint density at radius 3 is 2.50 bits per heavy atom. The van der Waals surface area contributed by atoms with Gasteiger partial charge >= 0.3 is 5.69 Å². The Bertz CT molecular complexity index is 1560. The van der Waals surface area contributed by atoms with E-state index in [0.29, 0.717) is 41.3 Å². The molecule has 0 aliphatic rings. The minimum absolute atomic E-state index is 0.0142. The molecule has 4 aromatic rings. The maximum Gasteiger partial charge on any atom is 0.352 e. The van der Waals surface area contributed by atoms with Crippen molar-refractivity contribution in [2.24, 2.45) is 5.92 Å². The number of amides is 1.